The Morgan fingerprint density at radius 3 is 2.73 bits per heavy atom. The Kier molecular flexibility index (Phi) is 5.91. The van der Waals surface area contributed by atoms with Crippen molar-refractivity contribution in [2.45, 2.75) is 12.2 Å². The van der Waals surface area contributed by atoms with Crippen molar-refractivity contribution < 1.29 is 14.0 Å². The van der Waals surface area contributed by atoms with E-state index in [9.17, 15) is 14.0 Å². The number of thiazole rings is 1. The highest BCUT2D eigenvalue weighted by Crippen LogP contribution is 2.19. The molecule has 0 spiro atoms. The number of amides is 2. The second kappa shape index (κ2) is 7.90. The van der Waals surface area contributed by atoms with Gasteiger partial charge in [0.1, 0.15) is 5.82 Å². The van der Waals surface area contributed by atoms with Gasteiger partial charge in [0.05, 0.1) is 17.9 Å². The van der Waals surface area contributed by atoms with E-state index in [-0.39, 0.29) is 29.8 Å². The maximum absolute atomic E-state index is 12.8. The van der Waals surface area contributed by atoms with E-state index in [0.29, 0.717) is 10.9 Å². The quantitative estimate of drug-likeness (QED) is 0.810. The first-order chi connectivity index (χ1) is 10.5. The average Bonchev–Trinajstić information content (AvgIpc) is 2.88. The van der Waals surface area contributed by atoms with Crippen LogP contribution >= 0.6 is 23.1 Å². The lowest BCUT2D eigenvalue weighted by Gasteiger charge is -2.02. The number of benzene rings is 1. The lowest BCUT2D eigenvalue weighted by molar-refractivity contribution is -0.116. The van der Waals surface area contributed by atoms with Crippen LogP contribution in [-0.2, 0) is 21.8 Å². The molecule has 0 bridgehead atoms. The third-order valence-corrected chi connectivity index (χ3v) is 4.37. The lowest BCUT2D eigenvalue weighted by atomic mass is 10.1. The van der Waals surface area contributed by atoms with Gasteiger partial charge in [0.2, 0.25) is 11.8 Å². The predicted octanol–water partition coefficient (Wildman–Crippen LogP) is 2.18. The molecule has 2 rings (SSSR count). The van der Waals surface area contributed by atoms with E-state index in [2.05, 4.69) is 10.3 Å². The molecule has 8 heteroatoms. The van der Waals surface area contributed by atoms with Gasteiger partial charge in [-0.1, -0.05) is 12.1 Å². The van der Waals surface area contributed by atoms with Crippen LogP contribution in [0.2, 0.25) is 0 Å². The Morgan fingerprint density at radius 1 is 1.32 bits per heavy atom. The molecule has 2 aromatic rings. The van der Waals surface area contributed by atoms with Gasteiger partial charge in [0.15, 0.2) is 5.13 Å². The number of anilines is 1. The summed E-state index contributed by atoms with van der Waals surface area (Å²) in [7, 11) is 0. The van der Waals surface area contributed by atoms with Gasteiger partial charge in [0, 0.05) is 11.1 Å². The number of hydrogen-bond acceptors (Lipinski definition) is 5. The molecule has 0 unspecified atom stereocenters. The molecule has 22 heavy (non-hydrogen) atoms. The fraction of sp³-hybridized carbons (Fsp3) is 0.214. The van der Waals surface area contributed by atoms with Crippen molar-refractivity contribution in [3.63, 3.8) is 0 Å². The van der Waals surface area contributed by atoms with Crippen LogP contribution in [0.25, 0.3) is 0 Å². The molecule has 0 aliphatic heterocycles. The number of thioether (sulfide) groups is 1. The summed E-state index contributed by atoms with van der Waals surface area (Å²) < 4.78 is 12.8. The zero-order valence-corrected chi connectivity index (χ0v) is 13.2. The molecule has 1 aromatic heterocycles. The van der Waals surface area contributed by atoms with Gasteiger partial charge in [0.25, 0.3) is 0 Å². The minimum Gasteiger partial charge on any atom is -0.369 e. The Morgan fingerprint density at radius 2 is 2.05 bits per heavy atom. The van der Waals surface area contributed by atoms with Gasteiger partial charge >= 0.3 is 0 Å². The van der Waals surface area contributed by atoms with E-state index in [4.69, 9.17) is 5.73 Å². The Hall–Kier alpha value is -1.93. The molecule has 0 radical (unpaired) electrons. The minimum atomic E-state index is -0.368. The summed E-state index contributed by atoms with van der Waals surface area (Å²) in [6, 6.07) is 5.78. The largest absolute Gasteiger partial charge is 0.369 e. The average molecular weight is 339 g/mol. The number of nitrogens with one attached hydrogen (secondary N) is 1. The summed E-state index contributed by atoms with van der Waals surface area (Å²) in [5, 5.41) is 5.02. The van der Waals surface area contributed by atoms with Crippen LogP contribution in [0.4, 0.5) is 9.52 Å². The number of aromatic nitrogens is 1. The van der Waals surface area contributed by atoms with Crippen LogP contribution in [0, 0.1) is 5.82 Å². The van der Waals surface area contributed by atoms with Crippen molar-refractivity contribution in [1.82, 2.24) is 4.98 Å². The van der Waals surface area contributed by atoms with Crippen LogP contribution in [0.5, 0.6) is 0 Å². The molecule has 0 aliphatic carbocycles. The number of hydrogen-bond donors (Lipinski definition) is 2. The van der Waals surface area contributed by atoms with E-state index in [1.165, 1.54) is 35.2 Å². The first-order valence-electron chi connectivity index (χ1n) is 6.37. The van der Waals surface area contributed by atoms with E-state index < -0.39 is 0 Å². The molecule has 1 heterocycles. The summed E-state index contributed by atoms with van der Waals surface area (Å²) in [6.07, 6.45) is 0.158. The summed E-state index contributed by atoms with van der Waals surface area (Å²) in [5.74, 6) is -0.107. The van der Waals surface area contributed by atoms with Gasteiger partial charge in [-0.25, -0.2) is 9.37 Å². The molecule has 0 atom stereocenters. The van der Waals surface area contributed by atoms with Crippen LogP contribution in [0.1, 0.15) is 11.3 Å². The molecule has 1 aromatic carbocycles. The lowest BCUT2D eigenvalue weighted by Crippen LogP contribution is -2.14. The highest BCUT2D eigenvalue weighted by Gasteiger charge is 2.08. The van der Waals surface area contributed by atoms with Gasteiger partial charge in [-0.15, -0.1) is 23.1 Å². The molecular weight excluding hydrogens is 325 g/mol. The Labute approximate surface area is 135 Å². The van der Waals surface area contributed by atoms with Gasteiger partial charge in [-0.05, 0) is 17.7 Å². The maximum atomic E-state index is 12.8. The fourth-order valence-electron chi connectivity index (χ4n) is 1.64. The summed E-state index contributed by atoms with van der Waals surface area (Å²) in [6.45, 7) is 0. The molecule has 0 saturated carbocycles. The topological polar surface area (TPSA) is 85.1 Å². The first kappa shape index (κ1) is 16.4. The molecule has 3 N–H and O–H groups in total. The number of carbonyl (C=O) groups excluding carboxylic acids is 2. The molecule has 0 saturated heterocycles. The highest BCUT2D eigenvalue weighted by atomic mass is 32.2. The second-order valence-corrected chi connectivity index (χ2v) is 6.30. The smallest absolute Gasteiger partial charge is 0.230 e. The molecule has 5 nitrogen and oxygen atoms in total. The van der Waals surface area contributed by atoms with Crippen molar-refractivity contribution in [2.75, 3.05) is 11.1 Å². The maximum Gasteiger partial charge on any atom is 0.230 e. The number of nitrogens with zero attached hydrogens (tertiary/aromatic N) is 1. The summed E-state index contributed by atoms with van der Waals surface area (Å²) in [5.41, 5.74) is 6.57. The molecule has 0 aliphatic rings. The van der Waals surface area contributed by atoms with Crippen LogP contribution in [-0.4, -0.2) is 22.6 Å². The first-order valence-corrected chi connectivity index (χ1v) is 8.41. The van der Waals surface area contributed by atoms with Gasteiger partial charge in [-0.2, -0.15) is 0 Å². The van der Waals surface area contributed by atoms with Gasteiger partial charge < -0.3 is 11.1 Å². The number of rotatable bonds is 7. The predicted molar refractivity (Wildman–Crippen MR) is 86.2 cm³/mol. The molecular formula is C14H14FN3O2S2. The van der Waals surface area contributed by atoms with Crippen molar-refractivity contribution in [3.05, 3.63) is 46.7 Å². The Bertz CT molecular complexity index is 658. The van der Waals surface area contributed by atoms with E-state index in [1.807, 2.05) is 5.38 Å². The van der Waals surface area contributed by atoms with Gasteiger partial charge in [-0.3, -0.25) is 9.59 Å². The van der Waals surface area contributed by atoms with Crippen molar-refractivity contribution in [3.8, 4) is 0 Å². The second-order valence-electron chi connectivity index (χ2n) is 4.45. The molecule has 116 valence electrons. The highest BCUT2D eigenvalue weighted by molar-refractivity contribution is 7.99. The SMILES string of the molecule is NC(=O)CSCc1csc(NC(=O)Cc2ccc(F)cc2)n1. The van der Waals surface area contributed by atoms with Crippen molar-refractivity contribution in [1.29, 1.82) is 0 Å². The summed E-state index contributed by atoms with van der Waals surface area (Å²) in [4.78, 5) is 26.8. The van der Waals surface area contributed by atoms with Crippen molar-refractivity contribution in [2.24, 2.45) is 5.73 Å². The third-order valence-electron chi connectivity index (χ3n) is 2.57. The number of nitrogens with two attached hydrogens (primary N) is 1. The molecule has 0 fully saturated rings. The van der Waals surface area contributed by atoms with E-state index >= 15 is 0 Å². The monoisotopic (exact) mass is 339 g/mol. The van der Waals surface area contributed by atoms with E-state index in [0.717, 1.165) is 11.3 Å². The fourth-order valence-corrected chi connectivity index (χ4v) is 3.13. The van der Waals surface area contributed by atoms with Crippen LogP contribution < -0.4 is 11.1 Å². The number of halogens is 1. The standard InChI is InChI=1S/C14H14FN3O2S2/c15-10-3-1-9(2-4-10)5-13(20)18-14-17-11(7-22-14)6-21-8-12(16)19/h1-4,7H,5-6,8H2,(H2,16,19)(H,17,18,20). The zero-order chi connectivity index (χ0) is 15.9. The number of primary amides is 1. The summed E-state index contributed by atoms with van der Waals surface area (Å²) >= 11 is 2.69. The Balaban J connectivity index is 1.82. The van der Waals surface area contributed by atoms with E-state index in [1.54, 1.807) is 12.1 Å². The molecule has 2 amide bonds. The third kappa shape index (κ3) is 5.45. The van der Waals surface area contributed by atoms with Crippen LogP contribution in [0.15, 0.2) is 29.6 Å². The van der Waals surface area contributed by atoms with Crippen molar-refractivity contribution >= 4 is 40.0 Å². The number of carbonyl (C=O) groups is 2. The minimum absolute atomic E-state index is 0.158. The van der Waals surface area contributed by atoms with Crippen LogP contribution in [0.3, 0.4) is 0 Å². The normalized spacial score (nSPS) is 10.4. The zero-order valence-electron chi connectivity index (χ0n) is 11.5.